The molecule has 1 saturated heterocycles. The molecule has 0 radical (unpaired) electrons. The third-order valence-electron chi connectivity index (χ3n) is 10.5. The number of rotatable bonds is 14. The summed E-state index contributed by atoms with van der Waals surface area (Å²) in [7, 11) is -3.89. The fourth-order valence-electron chi connectivity index (χ4n) is 8.08. The second kappa shape index (κ2) is 18.3. The van der Waals surface area contributed by atoms with Gasteiger partial charge in [0.25, 0.3) is 13.5 Å². The second-order valence-corrected chi connectivity index (χ2v) is 17.3. The van der Waals surface area contributed by atoms with Gasteiger partial charge in [-0.15, -0.1) is 0 Å². The molecule has 0 aliphatic carbocycles. The number of nitrogens with zero attached hydrogens (tertiary/aromatic N) is 4. The highest BCUT2D eigenvalue weighted by molar-refractivity contribution is 7.57. The van der Waals surface area contributed by atoms with E-state index >= 15 is 4.57 Å². The summed E-state index contributed by atoms with van der Waals surface area (Å²) in [6.45, 7) is 8.13. The molecule has 1 amide bonds. The highest BCUT2D eigenvalue weighted by Gasteiger charge is 2.59. The molecule has 0 bridgehead atoms. The first-order valence-corrected chi connectivity index (χ1v) is 21.5. The molecule has 0 unspecified atom stereocenters. The van der Waals surface area contributed by atoms with Crippen LogP contribution < -0.4 is 10.4 Å². The van der Waals surface area contributed by atoms with Crippen molar-refractivity contribution in [3.05, 3.63) is 203 Å². The van der Waals surface area contributed by atoms with Gasteiger partial charge in [-0.2, -0.15) is 0 Å². The number of hydrogen-bond acceptors (Lipinski definition) is 5. The van der Waals surface area contributed by atoms with Crippen LogP contribution >= 0.6 is 7.59 Å². The number of nitrogens with one attached hydrogen (secondary N) is 2. The van der Waals surface area contributed by atoms with Crippen LogP contribution in [0.5, 0.6) is 0 Å². The van der Waals surface area contributed by atoms with Gasteiger partial charge in [-0.1, -0.05) is 146 Å². The van der Waals surface area contributed by atoms with Crippen LogP contribution in [0.15, 0.2) is 175 Å². The maximum Gasteiger partial charge on any atom is 0.330 e. The topological polar surface area (TPSA) is 127 Å². The number of anilines is 1. The molecule has 1 aliphatic heterocycles. The Balaban J connectivity index is 1.42. The molecule has 0 spiro atoms. The Morgan fingerprint density at radius 2 is 1.15 bits per heavy atom. The van der Waals surface area contributed by atoms with Gasteiger partial charge in [0.1, 0.15) is 5.69 Å². The number of carbonyl (C=O) groups is 2. The number of aliphatic imine (C=N–C) groups is 1. The van der Waals surface area contributed by atoms with Gasteiger partial charge in [-0.25, -0.2) is 19.2 Å². The third-order valence-corrected chi connectivity index (χ3v) is 13.8. The fraction of sp³-hybridized carbons (Fsp3) is 0.208. The molecular formula is C48H49N6O4P. The summed E-state index contributed by atoms with van der Waals surface area (Å²) in [6, 6.07) is 47.3. The maximum absolute atomic E-state index is 16.6. The van der Waals surface area contributed by atoms with Crippen LogP contribution in [-0.4, -0.2) is 55.1 Å². The molecule has 7 rings (SSSR count). The lowest BCUT2D eigenvalue weighted by atomic mass is 9.92. The van der Waals surface area contributed by atoms with Crippen molar-refractivity contribution in [2.75, 3.05) is 5.32 Å². The van der Waals surface area contributed by atoms with E-state index in [0.717, 1.165) is 11.1 Å². The number of amides is 1. The van der Waals surface area contributed by atoms with E-state index in [-0.39, 0.29) is 29.9 Å². The minimum absolute atomic E-state index is 0.227. The Labute approximate surface area is 346 Å². The van der Waals surface area contributed by atoms with Crippen LogP contribution in [0.1, 0.15) is 84.1 Å². The molecule has 59 heavy (non-hydrogen) atoms. The molecule has 6 aromatic rings. The quantitative estimate of drug-likeness (QED) is 0.0734. The number of para-hydroxylation sites is 1. The van der Waals surface area contributed by atoms with E-state index in [1.165, 1.54) is 0 Å². The van der Waals surface area contributed by atoms with Crippen LogP contribution in [0.3, 0.4) is 0 Å². The van der Waals surface area contributed by atoms with Crippen molar-refractivity contribution < 1.29 is 19.3 Å². The van der Waals surface area contributed by atoms with E-state index in [4.69, 9.17) is 4.99 Å². The first kappa shape index (κ1) is 41.1. The Hall–Kier alpha value is -6.03. The largest absolute Gasteiger partial charge is 0.480 e. The molecule has 11 heteroatoms. The molecule has 1 aliphatic rings. The zero-order valence-corrected chi connectivity index (χ0v) is 34.4. The van der Waals surface area contributed by atoms with Gasteiger partial charge in [0.05, 0.1) is 29.5 Å². The SMILES string of the molecule is CC(C)N1[C@H](c2ccccc2)[C@@H](c2ccccc2)N(C(C)C)P1(=O)N[C@@H](c1ccccc1)[C@@H](N=C(c1ccccc1)c1ccccc1NC(=O)c1ccccn1)C(=O)O. The van der Waals surface area contributed by atoms with Crippen molar-refractivity contribution in [3.8, 4) is 0 Å². The van der Waals surface area contributed by atoms with Gasteiger partial charge in [0.15, 0.2) is 6.04 Å². The van der Waals surface area contributed by atoms with Crippen LogP contribution in [0, 0.1) is 0 Å². The van der Waals surface area contributed by atoms with Crippen LogP contribution in [-0.2, 0) is 9.36 Å². The van der Waals surface area contributed by atoms with Gasteiger partial charge in [-0.3, -0.25) is 19.3 Å². The third kappa shape index (κ3) is 8.72. The van der Waals surface area contributed by atoms with E-state index in [1.54, 1.807) is 42.6 Å². The lowest BCUT2D eigenvalue weighted by Crippen LogP contribution is -2.42. The molecule has 10 nitrogen and oxygen atoms in total. The number of carbonyl (C=O) groups excluding carboxylic acids is 1. The summed E-state index contributed by atoms with van der Waals surface area (Å²) in [5.41, 5.74) is 4.75. The zero-order valence-electron chi connectivity index (χ0n) is 33.5. The van der Waals surface area contributed by atoms with E-state index in [2.05, 4.69) is 49.0 Å². The Morgan fingerprint density at radius 1 is 0.661 bits per heavy atom. The van der Waals surface area contributed by atoms with E-state index in [0.29, 0.717) is 28.1 Å². The van der Waals surface area contributed by atoms with Crippen LogP contribution in [0.2, 0.25) is 0 Å². The lowest BCUT2D eigenvalue weighted by molar-refractivity contribution is -0.139. The smallest absolute Gasteiger partial charge is 0.330 e. The molecule has 4 atom stereocenters. The van der Waals surface area contributed by atoms with Gasteiger partial charge in [0.2, 0.25) is 0 Å². The molecule has 1 aromatic heterocycles. The standard InChI is InChI=1S/C48H49N6O4P/c1-33(2)53-45(37-25-13-7-14-26-37)46(38-27-15-8-16-28-38)54(34(3)4)59(53,58)52-43(36-23-11-6-12-24-36)44(48(56)57)51-42(35-21-9-5-10-22-35)39-29-17-18-30-40(39)50-47(55)41-31-19-20-32-49-41/h5-34,43-46H,1-4H3,(H,50,55)(H,52,58)(H,56,57)/t43-,44+,45+,46+/m0/s1. The molecule has 5 aromatic carbocycles. The summed E-state index contributed by atoms with van der Waals surface area (Å²) in [5, 5.41) is 17.9. The molecule has 300 valence electrons. The Morgan fingerprint density at radius 3 is 1.66 bits per heavy atom. The van der Waals surface area contributed by atoms with Crippen molar-refractivity contribution >= 4 is 30.9 Å². The number of carboxylic acid groups (broad SMARTS) is 1. The van der Waals surface area contributed by atoms with Crippen molar-refractivity contribution in [1.82, 2.24) is 19.4 Å². The summed E-state index contributed by atoms with van der Waals surface area (Å²) in [6.07, 6.45) is 1.55. The summed E-state index contributed by atoms with van der Waals surface area (Å²) in [4.78, 5) is 36.7. The number of aliphatic carboxylic acids is 1. The summed E-state index contributed by atoms with van der Waals surface area (Å²) in [5.74, 6) is -1.64. The van der Waals surface area contributed by atoms with E-state index in [1.807, 2.05) is 131 Å². The minimum Gasteiger partial charge on any atom is -0.480 e. The predicted octanol–water partition coefficient (Wildman–Crippen LogP) is 9.98. The first-order valence-electron chi connectivity index (χ1n) is 19.9. The van der Waals surface area contributed by atoms with Crippen molar-refractivity contribution in [2.24, 2.45) is 4.99 Å². The average Bonchev–Trinajstić information content (AvgIpc) is 3.54. The van der Waals surface area contributed by atoms with Gasteiger partial charge >= 0.3 is 5.97 Å². The summed E-state index contributed by atoms with van der Waals surface area (Å²) >= 11 is 0. The lowest BCUT2D eigenvalue weighted by Gasteiger charge is -2.39. The monoisotopic (exact) mass is 804 g/mol. The number of benzene rings is 5. The number of carboxylic acids is 1. The summed E-state index contributed by atoms with van der Waals surface area (Å²) < 4.78 is 20.7. The van der Waals surface area contributed by atoms with E-state index in [9.17, 15) is 14.7 Å². The second-order valence-electron chi connectivity index (χ2n) is 15.1. The predicted molar refractivity (Wildman–Crippen MR) is 234 cm³/mol. The van der Waals surface area contributed by atoms with Gasteiger partial charge in [0, 0.05) is 29.4 Å². The van der Waals surface area contributed by atoms with Gasteiger partial charge in [-0.05, 0) is 62.6 Å². The fourth-order valence-corrected chi connectivity index (χ4v) is 11.7. The Kier molecular flexibility index (Phi) is 12.7. The normalized spacial score (nSPS) is 18.1. The minimum atomic E-state index is -3.89. The highest BCUT2D eigenvalue weighted by atomic mass is 31.2. The molecule has 3 N–H and O–H groups in total. The molecule has 2 heterocycles. The first-order chi connectivity index (χ1) is 28.6. The van der Waals surface area contributed by atoms with Gasteiger partial charge < -0.3 is 10.4 Å². The number of aromatic nitrogens is 1. The molecular weight excluding hydrogens is 756 g/mol. The molecule has 1 fully saturated rings. The van der Waals surface area contributed by atoms with Crippen molar-refractivity contribution in [1.29, 1.82) is 0 Å². The Bertz CT molecular complexity index is 2360. The average molecular weight is 805 g/mol. The van der Waals surface area contributed by atoms with Crippen molar-refractivity contribution in [2.45, 2.75) is 63.9 Å². The number of hydrogen-bond donors (Lipinski definition) is 3. The number of pyridine rings is 1. The van der Waals surface area contributed by atoms with Crippen LogP contribution in [0.4, 0.5) is 5.69 Å². The van der Waals surface area contributed by atoms with Crippen molar-refractivity contribution in [3.63, 3.8) is 0 Å². The molecule has 0 saturated carbocycles. The van der Waals surface area contributed by atoms with E-state index < -0.39 is 31.6 Å². The highest BCUT2D eigenvalue weighted by Crippen LogP contribution is 2.69. The maximum atomic E-state index is 16.6. The zero-order chi connectivity index (χ0) is 41.5. The van der Waals surface area contributed by atoms with Crippen LogP contribution in [0.25, 0.3) is 0 Å².